The Morgan fingerprint density at radius 3 is 2.63 bits per heavy atom. The van der Waals surface area contributed by atoms with E-state index in [1.54, 1.807) is 10.8 Å². The number of ketones is 1. The summed E-state index contributed by atoms with van der Waals surface area (Å²) in [6.45, 7) is 2.03. The van der Waals surface area contributed by atoms with Gasteiger partial charge in [0, 0.05) is 24.0 Å². The standard InChI is InChI=1S/C22H19N3O2/c1-2-18-11-15-7-6-8-16(12-20(26)17-13-23-24-14-17)21(15)22(27)25(18)19-9-4-3-5-10-19/h3-11,13-14H,2,12H2,1H3,(H,23,24). The number of para-hydroxylation sites is 1. The molecule has 134 valence electrons. The normalized spacial score (nSPS) is 11.0. The number of pyridine rings is 1. The number of nitrogens with zero attached hydrogens (tertiary/aromatic N) is 2. The van der Waals surface area contributed by atoms with Gasteiger partial charge in [0.2, 0.25) is 0 Å². The lowest BCUT2D eigenvalue weighted by Gasteiger charge is -2.15. The van der Waals surface area contributed by atoms with Crippen molar-refractivity contribution < 1.29 is 4.79 Å². The Labute approximate surface area is 156 Å². The third-order valence-corrected chi connectivity index (χ3v) is 4.76. The molecule has 27 heavy (non-hydrogen) atoms. The van der Waals surface area contributed by atoms with Crippen LogP contribution in [0.15, 0.2) is 71.8 Å². The second-order valence-corrected chi connectivity index (χ2v) is 6.43. The minimum absolute atomic E-state index is 0.0681. The van der Waals surface area contributed by atoms with E-state index in [2.05, 4.69) is 10.2 Å². The van der Waals surface area contributed by atoms with Gasteiger partial charge in [0.25, 0.3) is 5.56 Å². The number of carbonyl (C=O) groups excluding carboxylic acids is 1. The first-order valence-corrected chi connectivity index (χ1v) is 8.93. The summed E-state index contributed by atoms with van der Waals surface area (Å²) in [6, 6.07) is 17.3. The topological polar surface area (TPSA) is 67.8 Å². The van der Waals surface area contributed by atoms with E-state index in [-0.39, 0.29) is 17.8 Å². The average molecular weight is 357 g/mol. The van der Waals surface area contributed by atoms with Crippen LogP contribution in [-0.4, -0.2) is 20.5 Å². The molecule has 0 aliphatic carbocycles. The summed E-state index contributed by atoms with van der Waals surface area (Å²) in [6.07, 6.45) is 3.97. The number of rotatable bonds is 5. The number of Topliss-reactive ketones (excluding diaryl/α,β-unsaturated/α-hetero) is 1. The highest BCUT2D eigenvalue weighted by molar-refractivity contribution is 5.99. The van der Waals surface area contributed by atoms with Gasteiger partial charge in [-0.2, -0.15) is 5.10 Å². The van der Waals surface area contributed by atoms with E-state index in [0.29, 0.717) is 10.9 Å². The monoisotopic (exact) mass is 357 g/mol. The molecule has 5 nitrogen and oxygen atoms in total. The minimum Gasteiger partial charge on any atom is -0.294 e. The second kappa shape index (κ2) is 7.03. The van der Waals surface area contributed by atoms with E-state index < -0.39 is 0 Å². The van der Waals surface area contributed by atoms with Gasteiger partial charge >= 0.3 is 0 Å². The summed E-state index contributed by atoms with van der Waals surface area (Å²) in [5, 5.41) is 7.94. The number of nitrogens with one attached hydrogen (secondary N) is 1. The second-order valence-electron chi connectivity index (χ2n) is 6.43. The molecule has 0 aliphatic rings. The predicted molar refractivity (Wildman–Crippen MR) is 106 cm³/mol. The van der Waals surface area contributed by atoms with Crippen LogP contribution in [0, 0.1) is 0 Å². The van der Waals surface area contributed by atoms with Gasteiger partial charge < -0.3 is 0 Å². The molecular formula is C22H19N3O2. The number of aromatic nitrogens is 3. The maximum absolute atomic E-state index is 13.4. The third kappa shape index (κ3) is 3.08. The van der Waals surface area contributed by atoms with Crippen LogP contribution >= 0.6 is 0 Å². The van der Waals surface area contributed by atoms with Crippen LogP contribution in [-0.2, 0) is 12.8 Å². The van der Waals surface area contributed by atoms with Gasteiger partial charge in [0.05, 0.1) is 17.1 Å². The average Bonchev–Trinajstić information content (AvgIpc) is 3.23. The summed E-state index contributed by atoms with van der Waals surface area (Å²) in [5.74, 6) is -0.0681. The zero-order valence-electron chi connectivity index (χ0n) is 15.0. The van der Waals surface area contributed by atoms with Crippen molar-refractivity contribution in [1.82, 2.24) is 14.8 Å². The van der Waals surface area contributed by atoms with Crippen LogP contribution in [0.4, 0.5) is 0 Å². The molecule has 0 aliphatic heterocycles. The van der Waals surface area contributed by atoms with E-state index in [1.807, 2.05) is 61.5 Å². The molecule has 0 fully saturated rings. The molecular weight excluding hydrogens is 338 g/mol. The van der Waals surface area contributed by atoms with Crippen molar-refractivity contribution in [3.8, 4) is 5.69 Å². The Kier molecular flexibility index (Phi) is 4.42. The number of H-pyrrole nitrogens is 1. The first-order valence-electron chi connectivity index (χ1n) is 8.93. The van der Waals surface area contributed by atoms with Crippen LogP contribution in [0.2, 0.25) is 0 Å². The quantitative estimate of drug-likeness (QED) is 0.554. The largest absolute Gasteiger partial charge is 0.294 e. The first-order chi connectivity index (χ1) is 13.2. The summed E-state index contributed by atoms with van der Waals surface area (Å²) in [5.41, 5.74) is 2.93. The molecule has 0 saturated heterocycles. The maximum Gasteiger partial charge on any atom is 0.263 e. The fourth-order valence-corrected chi connectivity index (χ4v) is 3.43. The third-order valence-electron chi connectivity index (χ3n) is 4.76. The van der Waals surface area contributed by atoms with Crippen molar-refractivity contribution >= 4 is 16.6 Å². The van der Waals surface area contributed by atoms with Crippen molar-refractivity contribution in [2.45, 2.75) is 19.8 Å². The van der Waals surface area contributed by atoms with E-state index in [0.717, 1.165) is 28.8 Å². The zero-order valence-corrected chi connectivity index (χ0v) is 15.0. The summed E-state index contributed by atoms with van der Waals surface area (Å²) in [4.78, 5) is 26.0. The van der Waals surface area contributed by atoms with E-state index >= 15 is 0 Å². The maximum atomic E-state index is 13.4. The Balaban J connectivity index is 1.92. The first kappa shape index (κ1) is 17.0. The minimum atomic E-state index is -0.0915. The lowest BCUT2D eigenvalue weighted by Crippen LogP contribution is -2.23. The van der Waals surface area contributed by atoms with Gasteiger partial charge in [-0.05, 0) is 35.6 Å². The fraction of sp³-hybridized carbons (Fsp3) is 0.136. The number of carbonyl (C=O) groups is 1. The van der Waals surface area contributed by atoms with Crippen LogP contribution in [0.5, 0.6) is 0 Å². The smallest absolute Gasteiger partial charge is 0.263 e. The SMILES string of the molecule is CCc1cc2cccc(CC(=O)c3cn[nH]c3)c2c(=O)n1-c1ccccc1. The molecule has 0 atom stereocenters. The zero-order chi connectivity index (χ0) is 18.8. The lowest BCUT2D eigenvalue weighted by molar-refractivity contribution is 0.0993. The highest BCUT2D eigenvalue weighted by Crippen LogP contribution is 2.21. The van der Waals surface area contributed by atoms with Crippen LogP contribution in [0.1, 0.15) is 28.5 Å². The summed E-state index contributed by atoms with van der Waals surface area (Å²) >= 11 is 0. The van der Waals surface area contributed by atoms with Crippen LogP contribution in [0.3, 0.4) is 0 Å². The van der Waals surface area contributed by atoms with Crippen molar-refractivity contribution in [3.63, 3.8) is 0 Å². The van der Waals surface area contributed by atoms with E-state index in [1.165, 1.54) is 6.20 Å². The van der Waals surface area contributed by atoms with Gasteiger partial charge in [0.1, 0.15) is 0 Å². The van der Waals surface area contributed by atoms with Crippen molar-refractivity contribution in [1.29, 1.82) is 0 Å². The van der Waals surface area contributed by atoms with Gasteiger partial charge in [-0.15, -0.1) is 0 Å². The Morgan fingerprint density at radius 1 is 1.11 bits per heavy atom. The number of benzene rings is 2. The number of aromatic amines is 1. The van der Waals surface area contributed by atoms with Gasteiger partial charge in [-0.3, -0.25) is 19.3 Å². The Morgan fingerprint density at radius 2 is 1.93 bits per heavy atom. The molecule has 0 radical (unpaired) electrons. The van der Waals surface area contributed by atoms with Crippen molar-refractivity contribution in [3.05, 3.63) is 94.2 Å². The molecule has 4 rings (SSSR count). The molecule has 0 amide bonds. The van der Waals surface area contributed by atoms with Crippen molar-refractivity contribution in [2.75, 3.05) is 0 Å². The number of hydrogen-bond acceptors (Lipinski definition) is 3. The molecule has 5 heteroatoms. The van der Waals surface area contributed by atoms with E-state index in [9.17, 15) is 9.59 Å². The number of aryl methyl sites for hydroxylation is 1. The van der Waals surface area contributed by atoms with Crippen molar-refractivity contribution in [2.24, 2.45) is 0 Å². The predicted octanol–water partition coefficient (Wildman–Crippen LogP) is 3.70. The van der Waals surface area contributed by atoms with E-state index in [4.69, 9.17) is 0 Å². The summed E-state index contributed by atoms with van der Waals surface area (Å²) < 4.78 is 1.74. The summed E-state index contributed by atoms with van der Waals surface area (Å²) in [7, 11) is 0. The number of hydrogen-bond donors (Lipinski definition) is 1. The Hall–Kier alpha value is -3.47. The van der Waals surface area contributed by atoms with Crippen LogP contribution in [0.25, 0.3) is 16.5 Å². The van der Waals surface area contributed by atoms with Crippen LogP contribution < -0.4 is 5.56 Å². The highest BCUT2D eigenvalue weighted by Gasteiger charge is 2.16. The molecule has 2 aromatic heterocycles. The molecule has 1 N–H and O–H groups in total. The molecule has 4 aromatic rings. The molecule has 0 unspecified atom stereocenters. The molecule has 2 aromatic carbocycles. The molecule has 0 spiro atoms. The highest BCUT2D eigenvalue weighted by atomic mass is 16.1. The Bertz CT molecular complexity index is 1160. The van der Waals surface area contributed by atoms with Gasteiger partial charge in [0.15, 0.2) is 5.78 Å². The molecule has 0 bridgehead atoms. The number of fused-ring (bicyclic) bond motifs is 1. The van der Waals surface area contributed by atoms with Gasteiger partial charge in [-0.25, -0.2) is 0 Å². The molecule has 2 heterocycles. The van der Waals surface area contributed by atoms with Gasteiger partial charge in [-0.1, -0.05) is 43.3 Å². The lowest BCUT2D eigenvalue weighted by atomic mass is 9.99. The molecule has 0 saturated carbocycles. The fourth-order valence-electron chi connectivity index (χ4n) is 3.43.